The molecule has 0 atom stereocenters. The van der Waals surface area contributed by atoms with Gasteiger partial charge in [0.2, 0.25) is 5.90 Å². The fraction of sp³-hybridized carbons (Fsp3) is 0.412. The van der Waals surface area contributed by atoms with Crippen molar-refractivity contribution >= 4 is 17.9 Å². The van der Waals surface area contributed by atoms with Gasteiger partial charge >= 0.3 is 12.6 Å². The molecular formula is C17H19F2NO4. The van der Waals surface area contributed by atoms with Gasteiger partial charge < -0.3 is 14.2 Å². The van der Waals surface area contributed by atoms with Crippen LogP contribution in [0.1, 0.15) is 33.3 Å². The van der Waals surface area contributed by atoms with E-state index >= 15 is 0 Å². The van der Waals surface area contributed by atoms with Crippen molar-refractivity contribution in [3.63, 3.8) is 0 Å². The first-order valence-electron chi connectivity index (χ1n) is 7.45. The highest BCUT2D eigenvalue weighted by Gasteiger charge is 2.31. The van der Waals surface area contributed by atoms with Gasteiger partial charge in [0.15, 0.2) is 17.2 Å². The number of esters is 1. The van der Waals surface area contributed by atoms with Gasteiger partial charge in [0.05, 0.1) is 6.61 Å². The van der Waals surface area contributed by atoms with Crippen LogP contribution in [0.4, 0.5) is 8.78 Å². The molecule has 0 saturated carbocycles. The average Bonchev–Trinajstić information content (AvgIpc) is 2.83. The Morgan fingerprint density at radius 1 is 1.29 bits per heavy atom. The summed E-state index contributed by atoms with van der Waals surface area (Å²) in [6.07, 6.45) is 1.51. The van der Waals surface area contributed by atoms with Crippen molar-refractivity contribution in [3.05, 3.63) is 29.5 Å². The third-order valence-electron chi connectivity index (χ3n) is 3.05. The van der Waals surface area contributed by atoms with E-state index in [-0.39, 0.29) is 23.8 Å². The summed E-state index contributed by atoms with van der Waals surface area (Å²) >= 11 is 0. The predicted octanol–water partition coefficient (Wildman–Crippen LogP) is 4.03. The molecule has 0 unspecified atom stereocenters. The van der Waals surface area contributed by atoms with Crippen molar-refractivity contribution in [3.8, 4) is 11.5 Å². The number of hydrogen-bond acceptors (Lipinski definition) is 5. The molecule has 130 valence electrons. The van der Waals surface area contributed by atoms with Crippen LogP contribution in [0.2, 0.25) is 0 Å². The smallest absolute Gasteiger partial charge is 0.387 e. The molecule has 2 rings (SSSR count). The zero-order valence-electron chi connectivity index (χ0n) is 13.9. The lowest BCUT2D eigenvalue weighted by Gasteiger charge is -2.15. The largest absolute Gasteiger partial charge is 0.490 e. The number of halogens is 2. The number of hydrogen-bond donors (Lipinski definition) is 0. The van der Waals surface area contributed by atoms with Gasteiger partial charge in [-0.3, -0.25) is 0 Å². The molecule has 0 radical (unpaired) electrons. The number of nitrogens with zero attached hydrogens (tertiary/aromatic N) is 1. The molecule has 1 aromatic rings. The minimum Gasteiger partial charge on any atom is -0.490 e. The summed E-state index contributed by atoms with van der Waals surface area (Å²) in [6.45, 7) is 4.71. The van der Waals surface area contributed by atoms with Crippen molar-refractivity contribution in [2.75, 3.05) is 6.61 Å². The van der Waals surface area contributed by atoms with Crippen LogP contribution in [0.15, 0.2) is 28.9 Å². The van der Waals surface area contributed by atoms with E-state index in [4.69, 9.17) is 9.47 Å². The second-order valence-corrected chi connectivity index (χ2v) is 6.10. The van der Waals surface area contributed by atoms with Crippen LogP contribution in [0.25, 0.3) is 6.08 Å². The zero-order chi connectivity index (χ0) is 17.9. The minimum atomic E-state index is -2.95. The Hall–Kier alpha value is -2.44. The number of rotatable bonds is 5. The van der Waals surface area contributed by atoms with Gasteiger partial charge in [-0.2, -0.15) is 8.78 Å². The van der Waals surface area contributed by atoms with Crippen molar-refractivity contribution in [2.45, 2.75) is 34.3 Å². The molecule has 0 saturated heterocycles. The zero-order valence-corrected chi connectivity index (χ0v) is 13.9. The molecule has 1 aliphatic heterocycles. The van der Waals surface area contributed by atoms with E-state index in [1.807, 2.05) is 20.8 Å². The van der Waals surface area contributed by atoms with E-state index in [0.29, 0.717) is 11.5 Å². The second kappa shape index (κ2) is 6.98. The molecule has 0 aliphatic carbocycles. The predicted molar refractivity (Wildman–Crippen MR) is 85.2 cm³/mol. The second-order valence-electron chi connectivity index (χ2n) is 6.10. The monoisotopic (exact) mass is 339 g/mol. The molecule has 5 nitrogen and oxygen atoms in total. The fourth-order valence-corrected chi connectivity index (χ4v) is 1.96. The summed E-state index contributed by atoms with van der Waals surface area (Å²) in [6, 6.07) is 4.40. The first kappa shape index (κ1) is 17.9. The molecule has 1 aromatic carbocycles. The molecule has 1 heterocycles. The Kier molecular flexibility index (Phi) is 5.21. The fourth-order valence-electron chi connectivity index (χ4n) is 1.96. The lowest BCUT2D eigenvalue weighted by Crippen LogP contribution is -2.21. The van der Waals surface area contributed by atoms with E-state index in [1.54, 1.807) is 6.92 Å². The number of benzene rings is 1. The van der Waals surface area contributed by atoms with Gasteiger partial charge in [0, 0.05) is 5.41 Å². The average molecular weight is 339 g/mol. The van der Waals surface area contributed by atoms with Crippen molar-refractivity contribution < 1.29 is 27.8 Å². The molecule has 0 spiro atoms. The van der Waals surface area contributed by atoms with E-state index in [9.17, 15) is 13.6 Å². The van der Waals surface area contributed by atoms with Crippen LogP contribution in [-0.4, -0.2) is 25.1 Å². The van der Waals surface area contributed by atoms with Crippen LogP contribution in [0.3, 0.4) is 0 Å². The van der Waals surface area contributed by atoms with Crippen molar-refractivity contribution in [1.29, 1.82) is 0 Å². The highest BCUT2D eigenvalue weighted by atomic mass is 19.3. The maximum absolute atomic E-state index is 12.4. The first-order valence-corrected chi connectivity index (χ1v) is 7.45. The molecule has 24 heavy (non-hydrogen) atoms. The SMILES string of the molecule is CCOc1cc(/C=C2\N=C(C(C)(C)C)OC2=O)ccc1OC(F)F. The van der Waals surface area contributed by atoms with Crippen LogP contribution in [0.5, 0.6) is 11.5 Å². The van der Waals surface area contributed by atoms with Crippen molar-refractivity contribution in [1.82, 2.24) is 0 Å². The minimum absolute atomic E-state index is 0.0677. The molecular weight excluding hydrogens is 320 g/mol. The number of carbonyl (C=O) groups is 1. The van der Waals surface area contributed by atoms with E-state index in [1.165, 1.54) is 24.3 Å². The molecule has 0 fully saturated rings. The number of cyclic esters (lactones) is 1. The highest BCUT2D eigenvalue weighted by Crippen LogP contribution is 2.32. The summed E-state index contributed by atoms with van der Waals surface area (Å²) < 4.78 is 39.7. The Morgan fingerprint density at radius 2 is 2.00 bits per heavy atom. The topological polar surface area (TPSA) is 57.1 Å². The van der Waals surface area contributed by atoms with Gasteiger partial charge in [-0.25, -0.2) is 9.79 Å². The molecule has 0 N–H and O–H groups in total. The van der Waals surface area contributed by atoms with E-state index in [0.717, 1.165) is 0 Å². The van der Waals surface area contributed by atoms with Gasteiger partial charge in [-0.1, -0.05) is 26.8 Å². The number of aliphatic imine (C=N–C) groups is 1. The molecule has 1 aliphatic rings. The summed E-state index contributed by atoms with van der Waals surface area (Å²) in [4.78, 5) is 16.1. The Labute approximate surface area is 138 Å². The standard InChI is InChI=1S/C17H19F2NO4/c1-5-22-13-9-10(6-7-12(13)23-16(18)19)8-11-14(21)24-15(20-11)17(2,3)4/h6-9,16H,5H2,1-4H3/b11-8-. The summed E-state index contributed by atoms with van der Waals surface area (Å²) in [5, 5.41) is 0. The van der Waals surface area contributed by atoms with Gasteiger partial charge in [0.25, 0.3) is 0 Å². The van der Waals surface area contributed by atoms with Crippen LogP contribution < -0.4 is 9.47 Å². The molecule has 0 bridgehead atoms. The summed E-state index contributed by atoms with van der Waals surface area (Å²) in [5.74, 6) is -0.118. The number of alkyl halides is 2. The van der Waals surface area contributed by atoms with Crippen LogP contribution in [0, 0.1) is 5.41 Å². The Bertz CT molecular complexity index is 690. The highest BCUT2D eigenvalue weighted by molar-refractivity contribution is 6.08. The number of ether oxygens (including phenoxy) is 3. The Balaban J connectivity index is 2.34. The van der Waals surface area contributed by atoms with Crippen molar-refractivity contribution in [2.24, 2.45) is 10.4 Å². The van der Waals surface area contributed by atoms with Gasteiger partial charge in [-0.15, -0.1) is 0 Å². The lowest BCUT2D eigenvalue weighted by molar-refractivity contribution is -0.130. The summed E-state index contributed by atoms with van der Waals surface area (Å²) in [5.41, 5.74) is 0.312. The third-order valence-corrected chi connectivity index (χ3v) is 3.05. The maximum atomic E-state index is 12.4. The Morgan fingerprint density at radius 3 is 2.54 bits per heavy atom. The summed E-state index contributed by atoms with van der Waals surface area (Å²) in [7, 11) is 0. The van der Waals surface area contributed by atoms with Gasteiger partial charge in [-0.05, 0) is 30.7 Å². The lowest BCUT2D eigenvalue weighted by atomic mass is 9.97. The molecule has 0 aromatic heterocycles. The van der Waals surface area contributed by atoms with Crippen LogP contribution >= 0.6 is 0 Å². The molecule has 0 amide bonds. The van der Waals surface area contributed by atoms with E-state index < -0.39 is 18.0 Å². The maximum Gasteiger partial charge on any atom is 0.387 e. The van der Waals surface area contributed by atoms with Gasteiger partial charge in [0.1, 0.15) is 0 Å². The van der Waals surface area contributed by atoms with Crippen LogP contribution in [-0.2, 0) is 9.53 Å². The van der Waals surface area contributed by atoms with E-state index in [2.05, 4.69) is 9.73 Å². The first-order chi connectivity index (χ1) is 11.2. The molecule has 7 heteroatoms. The quantitative estimate of drug-likeness (QED) is 0.600. The normalized spacial score (nSPS) is 16.4. The third kappa shape index (κ3) is 4.31. The number of carbonyl (C=O) groups excluding carboxylic acids is 1.